The molecule has 1 fully saturated rings. The molecule has 1 unspecified atom stereocenters. The second-order valence-electron chi connectivity index (χ2n) is 7.40. The number of fused-ring (bicyclic) bond motifs is 1. The van der Waals surface area contributed by atoms with Crippen LogP contribution in [0.25, 0.3) is 11.0 Å². The van der Waals surface area contributed by atoms with E-state index in [9.17, 15) is 4.79 Å². The topological polar surface area (TPSA) is 94.2 Å². The van der Waals surface area contributed by atoms with Crippen molar-refractivity contribution in [3.8, 4) is 5.75 Å². The Morgan fingerprint density at radius 3 is 2.97 bits per heavy atom. The third-order valence-corrected chi connectivity index (χ3v) is 5.40. The van der Waals surface area contributed by atoms with E-state index in [0.717, 1.165) is 37.0 Å². The van der Waals surface area contributed by atoms with E-state index in [1.807, 2.05) is 49.7 Å². The summed E-state index contributed by atoms with van der Waals surface area (Å²) in [5, 5.41) is 15.7. The van der Waals surface area contributed by atoms with Crippen LogP contribution in [0.3, 0.4) is 0 Å². The van der Waals surface area contributed by atoms with Gasteiger partial charge in [0.15, 0.2) is 17.0 Å². The smallest absolute Gasteiger partial charge is 0.274 e. The van der Waals surface area contributed by atoms with Crippen LogP contribution in [0.1, 0.15) is 60.7 Å². The molecule has 0 radical (unpaired) electrons. The number of nitrogens with zero attached hydrogens (tertiary/aromatic N) is 3. The van der Waals surface area contributed by atoms with Gasteiger partial charge in [-0.25, -0.2) is 4.68 Å². The average Bonchev–Trinajstić information content (AvgIpc) is 3.33. The average molecular weight is 397 g/mol. The summed E-state index contributed by atoms with van der Waals surface area (Å²) in [6.07, 6.45) is 1.98. The molecule has 2 aromatic heterocycles. The Labute approximate surface area is 169 Å². The first-order valence-electron chi connectivity index (χ1n) is 10.2. The van der Waals surface area contributed by atoms with Crippen molar-refractivity contribution in [1.29, 1.82) is 0 Å². The monoisotopic (exact) mass is 397 g/mol. The minimum absolute atomic E-state index is 0.249. The molecular formula is C21H27N5O3. The summed E-state index contributed by atoms with van der Waals surface area (Å²) in [6.45, 7) is 8.20. The van der Waals surface area contributed by atoms with Gasteiger partial charge in [-0.15, -0.1) is 5.10 Å². The molecule has 4 rings (SSSR count). The van der Waals surface area contributed by atoms with Crippen molar-refractivity contribution in [1.82, 2.24) is 25.6 Å². The van der Waals surface area contributed by atoms with Crippen molar-refractivity contribution in [3.63, 3.8) is 0 Å². The van der Waals surface area contributed by atoms with Gasteiger partial charge in [0.05, 0.1) is 24.4 Å². The van der Waals surface area contributed by atoms with Gasteiger partial charge in [-0.2, -0.15) is 0 Å². The number of nitrogens with one attached hydrogen (secondary N) is 2. The molecular weight excluding hydrogens is 370 g/mol. The predicted molar refractivity (Wildman–Crippen MR) is 109 cm³/mol. The standard InChI is InChI=1S/C21H27N5O3/c1-4-28-17-7-5-6-15-12-18(29-20(15)17)13(2)23-21(27)19-14(3)26(25-24-19)16-8-10-22-11-9-16/h5-7,12-13,16,22H,4,8-11H2,1-3H3,(H,23,27). The lowest BCUT2D eigenvalue weighted by Gasteiger charge is -2.23. The first-order chi connectivity index (χ1) is 14.1. The molecule has 1 amide bonds. The molecule has 154 valence electrons. The molecule has 2 N–H and O–H groups in total. The maximum absolute atomic E-state index is 12.8. The molecule has 1 aromatic carbocycles. The molecule has 1 aliphatic heterocycles. The summed E-state index contributed by atoms with van der Waals surface area (Å²) < 4.78 is 13.5. The summed E-state index contributed by atoms with van der Waals surface area (Å²) in [4.78, 5) is 12.8. The van der Waals surface area contributed by atoms with E-state index in [-0.39, 0.29) is 18.0 Å². The number of furan rings is 1. The van der Waals surface area contributed by atoms with Crippen molar-refractivity contribution in [2.24, 2.45) is 0 Å². The maximum Gasteiger partial charge on any atom is 0.274 e. The van der Waals surface area contributed by atoms with Gasteiger partial charge in [-0.3, -0.25) is 4.79 Å². The van der Waals surface area contributed by atoms with Crippen molar-refractivity contribution >= 4 is 16.9 Å². The van der Waals surface area contributed by atoms with Gasteiger partial charge in [0.25, 0.3) is 5.91 Å². The number of amides is 1. The zero-order valence-corrected chi connectivity index (χ0v) is 17.1. The number of ether oxygens (including phenoxy) is 1. The van der Waals surface area contributed by atoms with Gasteiger partial charge in [0.2, 0.25) is 0 Å². The number of benzene rings is 1. The van der Waals surface area contributed by atoms with Crippen LogP contribution >= 0.6 is 0 Å². The van der Waals surface area contributed by atoms with Crippen LogP contribution in [-0.2, 0) is 0 Å². The number of rotatable bonds is 6. The highest BCUT2D eigenvalue weighted by atomic mass is 16.5. The third-order valence-electron chi connectivity index (χ3n) is 5.40. The van der Waals surface area contributed by atoms with Gasteiger partial charge in [-0.1, -0.05) is 17.3 Å². The lowest BCUT2D eigenvalue weighted by atomic mass is 10.1. The zero-order chi connectivity index (χ0) is 20.4. The highest BCUT2D eigenvalue weighted by Crippen LogP contribution is 2.31. The number of carbonyl (C=O) groups excluding carboxylic acids is 1. The predicted octanol–water partition coefficient (Wildman–Crippen LogP) is 3.15. The number of hydrogen-bond acceptors (Lipinski definition) is 6. The van der Waals surface area contributed by atoms with E-state index < -0.39 is 0 Å². The fourth-order valence-corrected chi connectivity index (χ4v) is 3.82. The summed E-state index contributed by atoms with van der Waals surface area (Å²) in [6, 6.07) is 7.68. The molecule has 0 bridgehead atoms. The number of hydrogen-bond donors (Lipinski definition) is 2. The molecule has 1 atom stereocenters. The summed E-state index contributed by atoms with van der Waals surface area (Å²) in [7, 11) is 0. The minimum atomic E-state index is -0.312. The van der Waals surface area contributed by atoms with Gasteiger partial charge in [0, 0.05) is 5.39 Å². The molecule has 3 heterocycles. The second-order valence-corrected chi connectivity index (χ2v) is 7.40. The van der Waals surface area contributed by atoms with E-state index in [0.29, 0.717) is 29.4 Å². The highest BCUT2D eigenvalue weighted by Gasteiger charge is 2.24. The van der Waals surface area contributed by atoms with Gasteiger partial charge in [0.1, 0.15) is 5.76 Å². The van der Waals surface area contributed by atoms with Crippen LogP contribution in [0.4, 0.5) is 0 Å². The van der Waals surface area contributed by atoms with Crippen LogP contribution in [0.2, 0.25) is 0 Å². The first kappa shape index (κ1) is 19.4. The van der Waals surface area contributed by atoms with Crippen molar-refractivity contribution in [2.45, 2.75) is 45.7 Å². The Bertz CT molecular complexity index is 1000. The Kier molecular flexibility index (Phi) is 5.53. The van der Waals surface area contributed by atoms with E-state index in [1.54, 1.807) is 0 Å². The Balaban J connectivity index is 1.50. The normalized spacial score (nSPS) is 16.1. The zero-order valence-electron chi connectivity index (χ0n) is 17.1. The number of aromatic nitrogens is 3. The Hall–Kier alpha value is -2.87. The maximum atomic E-state index is 12.8. The fraction of sp³-hybridized carbons (Fsp3) is 0.476. The molecule has 1 aliphatic rings. The third kappa shape index (κ3) is 3.85. The summed E-state index contributed by atoms with van der Waals surface area (Å²) >= 11 is 0. The quantitative estimate of drug-likeness (QED) is 0.664. The van der Waals surface area contributed by atoms with Crippen molar-refractivity contribution in [2.75, 3.05) is 19.7 Å². The van der Waals surface area contributed by atoms with Crippen molar-refractivity contribution in [3.05, 3.63) is 41.4 Å². The van der Waals surface area contributed by atoms with Crippen LogP contribution < -0.4 is 15.4 Å². The second kappa shape index (κ2) is 8.24. The Morgan fingerprint density at radius 1 is 1.41 bits per heavy atom. The minimum Gasteiger partial charge on any atom is -0.490 e. The van der Waals surface area contributed by atoms with Gasteiger partial charge >= 0.3 is 0 Å². The lowest BCUT2D eigenvalue weighted by molar-refractivity contribution is 0.0930. The van der Waals surface area contributed by atoms with Crippen LogP contribution in [0.5, 0.6) is 5.75 Å². The van der Waals surface area contributed by atoms with Crippen LogP contribution in [0, 0.1) is 6.92 Å². The summed E-state index contributed by atoms with van der Waals surface area (Å²) in [5.41, 5.74) is 1.85. The lowest BCUT2D eigenvalue weighted by Crippen LogP contribution is -2.30. The van der Waals surface area contributed by atoms with E-state index in [1.165, 1.54) is 0 Å². The SMILES string of the molecule is CCOc1cccc2cc(C(C)NC(=O)c3nnn(C4CCNCC4)c3C)oc12. The van der Waals surface area contributed by atoms with Gasteiger partial charge in [-0.05, 0) is 58.8 Å². The molecule has 8 heteroatoms. The highest BCUT2D eigenvalue weighted by molar-refractivity contribution is 5.93. The molecule has 1 saturated heterocycles. The van der Waals surface area contributed by atoms with Crippen LogP contribution in [-0.4, -0.2) is 40.6 Å². The number of carbonyl (C=O) groups is 1. The van der Waals surface area contributed by atoms with Crippen LogP contribution in [0.15, 0.2) is 28.7 Å². The molecule has 29 heavy (non-hydrogen) atoms. The summed E-state index contributed by atoms with van der Waals surface area (Å²) in [5.74, 6) is 1.13. The Morgan fingerprint density at radius 2 is 2.21 bits per heavy atom. The van der Waals surface area contributed by atoms with E-state index in [2.05, 4.69) is 20.9 Å². The van der Waals surface area contributed by atoms with E-state index >= 15 is 0 Å². The van der Waals surface area contributed by atoms with Gasteiger partial charge < -0.3 is 19.8 Å². The number of para-hydroxylation sites is 1. The molecule has 8 nitrogen and oxygen atoms in total. The van der Waals surface area contributed by atoms with Crippen molar-refractivity contribution < 1.29 is 13.9 Å². The molecule has 0 saturated carbocycles. The van der Waals surface area contributed by atoms with E-state index in [4.69, 9.17) is 9.15 Å². The largest absolute Gasteiger partial charge is 0.490 e. The fourth-order valence-electron chi connectivity index (χ4n) is 3.82. The first-order valence-corrected chi connectivity index (χ1v) is 10.2. The molecule has 3 aromatic rings. The number of piperidine rings is 1. The molecule has 0 aliphatic carbocycles. The molecule has 0 spiro atoms.